The number of anilines is 3. The van der Waals surface area contributed by atoms with Crippen LogP contribution in [-0.2, 0) is 4.79 Å². The van der Waals surface area contributed by atoms with Crippen LogP contribution >= 0.6 is 23.2 Å². The van der Waals surface area contributed by atoms with E-state index in [1.54, 1.807) is 11.0 Å². The normalized spacial score (nSPS) is 15.3. The van der Waals surface area contributed by atoms with Crippen molar-refractivity contribution in [2.45, 2.75) is 25.8 Å². The highest BCUT2D eigenvalue weighted by molar-refractivity contribution is 6.42. The number of nitriles is 1. The molecule has 0 bridgehead atoms. The van der Waals surface area contributed by atoms with E-state index in [-0.39, 0.29) is 33.2 Å². The number of nitrogens with one attached hydrogen (secondary N) is 2. The molecule has 3 aromatic rings. The van der Waals surface area contributed by atoms with Crippen molar-refractivity contribution in [3.63, 3.8) is 0 Å². The third-order valence-corrected chi connectivity index (χ3v) is 6.73. The second-order valence-electron chi connectivity index (χ2n) is 8.28. The summed E-state index contributed by atoms with van der Waals surface area (Å²) in [5.74, 6) is -0.249. The first kappa shape index (κ1) is 25.5. The lowest BCUT2D eigenvalue weighted by Gasteiger charge is -2.33. The number of amides is 1. The number of halogens is 3. The lowest BCUT2D eigenvalue weighted by molar-refractivity contribution is -0.127. The molecule has 1 saturated heterocycles. The van der Waals surface area contributed by atoms with Crippen LogP contribution in [0, 0.1) is 17.1 Å². The molecule has 2 N–H and O–H groups in total. The minimum Gasteiger partial charge on any atom is -0.492 e. The zero-order valence-corrected chi connectivity index (χ0v) is 21.1. The van der Waals surface area contributed by atoms with Gasteiger partial charge in [-0.1, -0.05) is 29.8 Å². The summed E-state index contributed by atoms with van der Waals surface area (Å²) in [4.78, 5) is 18.3. The fraction of sp³-hybridized carbons (Fsp3) is 0.269. The maximum absolute atomic E-state index is 14.8. The van der Waals surface area contributed by atoms with Crippen molar-refractivity contribution >= 4 is 57.1 Å². The molecule has 0 saturated carbocycles. The van der Waals surface area contributed by atoms with Crippen LogP contribution in [0.2, 0.25) is 10.0 Å². The van der Waals surface area contributed by atoms with Crippen molar-refractivity contribution in [2.75, 3.05) is 30.3 Å². The van der Waals surface area contributed by atoms with Crippen molar-refractivity contribution in [1.29, 1.82) is 5.26 Å². The number of hydrogen-bond donors (Lipinski definition) is 2. The molecule has 0 spiro atoms. The summed E-state index contributed by atoms with van der Waals surface area (Å²) in [5, 5.41) is 16.7. The average molecular weight is 528 g/mol. The summed E-state index contributed by atoms with van der Waals surface area (Å²) in [7, 11) is 0. The van der Waals surface area contributed by atoms with Crippen molar-refractivity contribution in [1.82, 2.24) is 9.88 Å². The number of rotatable bonds is 7. The predicted molar refractivity (Wildman–Crippen MR) is 141 cm³/mol. The molecule has 1 aromatic heterocycles. The molecule has 10 heteroatoms. The molecule has 2 aromatic carbocycles. The number of fused-ring (bicyclic) bond motifs is 1. The van der Waals surface area contributed by atoms with Crippen LogP contribution < -0.4 is 15.4 Å². The maximum atomic E-state index is 14.8. The Hall–Kier alpha value is -3.54. The lowest BCUT2D eigenvalue weighted by atomic mass is 10.0. The van der Waals surface area contributed by atoms with Gasteiger partial charge in [-0.25, -0.2) is 4.39 Å². The minimum atomic E-state index is -0.725. The van der Waals surface area contributed by atoms with Gasteiger partial charge >= 0.3 is 0 Å². The Bertz CT molecular complexity index is 1370. The van der Waals surface area contributed by atoms with E-state index in [9.17, 15) is 14.4 Å². The van der Waals surface area contributed by atoms with Gasteiger partial charge in [0.2, 0.25) is 5.91 Å². The highest BCUT2D eigenvalue weighted by Gasteiger charge is 2.24. The number of piperidine rings is 1. The summed E-state index contributed by atoms with van der Waals surface area (Å²) in [6, 6.07) is 8.61. The highest BCUT2D eigenvalue weighted by atomic mass is 35.5. The van der Waals surface area contributed by atoms with Gasteiger partial charge in [0.25, 0.3) is 0 Å². The second-order valence-corrected chi connectivity index (χ2v) is 9.06. The Kier molecular flexibility index (Phi) is 7.82. The molecule has 1 aliphatic rings. The number of hydrogen-bond acceptors (Lipinski definition) is 6. The van der Waals surface area contributed by atoms with E-state index >= 15 is 0 Å². The number of aromatic nitrogens is 1. The zero-order chi connectivity index (χ0) is 25.8. The second kappa shape index (κ2) is 11.0. The number of pyridine rings is 1. The molecule has 186 valence electrons. The number of benzene rings is 2. The van der Waals surface area contributed by atoms with Crippen molar-refractivity contribution in [3.8, 4) is 11.8 Å². The third-order valence-electron chi connectivity index (χ3n) is 5.95. The SMILES string of the molecule is C=CC(=O)N1CCCC(Nc2cc3c(Nc4ccc(Cl)c(Cl)c4F)c(C#N)cnc3cc2OCC)C1. The van der Waals surface area contributed by atoms with Gasteiger partial charge in [-0.15, -0.1) is 0 Å². The molecule has 7 nitrogen and oxygen atoms in total. The Morgan fingerprint density at radius 3 is 2.92 bits per heavy atom. The van der Waals surface area contributed by atoms with Crippen LogP contribution in [0.1, 0.15) is 25.3 Å². The average Bonchev–Trinajstić information content (AvgIpc) is 2.89. The molecule has 0 radical (unpaired) electrons. The molecule has 0 aliphatic carbocycles. The number of carbonyl (C=O) groups excluding carboxylic acids is 1. The van der Waals surface area contributed by atoms with E-state index in [2.05, 4.69) is 28.3 Å². The van der Waals surface area contributed by atoms with E-state index in [0.29, 0.717) is 47.7 Å². The maximum Gasteiger partial charge on any atom is 0.246 e. The molecule has 1 atom stereocenters. The molecule has 1 unspecified atom stereocenters. The predicted octanol–water partition coefficient (Wildman–Crippen LogP) is 6.28. The number of likely N-dealkylation sites (tertiary alicyclic amines) is 1. The number of carbonyl (C=O) groups is 1. The van der Waals surface area contributed by atoms with Gasteiger partial charge in [-0.05, 0) is 44.0 Å². The zero-order valence-electron chi connectivity index (χ0n) is 19.6. The largest absolute Gasteiger partial charge is 0.492 e. The van der Waals surface area contributed by atoms with Gasteiger partial charge in [0, 0.05) is 36.8 Å². The van der Waals surface area contributed by atoms with Gasteiger partial charge in [-0.3, -0.25) is 9.78 Å². The van der Waals surface area contributed by atoms with Crippen LogP contribution in [0.3, 0.4) is 0 Å². The van der Waals surface area contributed by atoms with Crippen LogP contribution in [0.25, 0.3) is 10.9 Å². The topological polar surface area (TPSA) is 90.3 Å². The minimum absolute atomic E-state index is 0.0182. The molecule has 2 heterocycles. The van der Waals surface area contributed by atoms with Crippen molar-refractivity contribution < 1.29 is 13.9 Å². The van der Waals surface area contributed by atoms with E-state index < -0.39 is 5.82 Å². The molecule has 1 aliphatic heterocycles. The molecule has 36 heavy (non-hydrogen) atoms. The third kappa shape index (κ3) is 5.18. The van der Waals surface area contributed by atoms with E-state index in [0.717, 1.165) is 12.8 Å². The summed E-state index contributed by atoms with van der Waals surface area (Å²) in [6.07, 6.45) is 4.45. The van der Waals surface area contributed by atoms with E-state index in [1.165, 1.54) is 24.4 Å². The van der Waals surface area contributed by atoms with Crippen LogP contribution in [0.4, 0.5) is 21.5 Å². The fourth-order valence-electron chi connectivity index (χ4n) is 4.23. The Morgan fingerprint density at radius 2 is 2.19 bits per heavy atom. The van der Waals surface area contributed by atoms with Crippen LogP contribution in [0.5, 0.6) is 5.75 Å². The van der Waals surface area contributed by atoms with Gasteiger partial charge in [0.15, 0.2) is 5.82 Å². The van der Waals surface area contributed by atoms with Crippen LogP contribution in [0.15, 0.2) is 43.1 Å². The Balaban J connectivity index is 1.78. The first-order valence-electron chi connectivity index (χ1n) is 11.4. The molecule has 1 amide bonds. The van der Waals surface area contributed by atoms with Gasteiger partial charge in [0.05, 0.1) is 44.8 Å². The summed E-state index contributed by atoms with van der Waals surface area (Å²) >= 11 is 11.9. The van der Waals surface area contributed by atoms with Gasteiger partial charge < -0.3 is 20.3 Å². The summed E-state index contributed by atoms with van der Waals surface area (Å²) in [5.41, 5.74) is 1.90. The van der Waals surface area contributed by atoms with Gasteiger partial charge in [0.1, 0.15) is 11.8 Å². The van der Waals surface area contributed by atoms with Gasteiger partial charge in [-0.2, -0.15) is 5.26 Å². The fourth-order valence-corrected chi connectivity index (χ4v) is 4.54. The standard InChI is InChI=1S/C26H24Cl2FN5O2/c1-3-23(35)34-9-5-6-16(14-34)32-21-10-17-20(11-22(21)36-4-2)31-13-15(12-30)26(17)33-19-8-7-18(27)24(28)25(19)29/h3,7-8,10-11,13,16,32H,1,4-6,9,14H2,2H3,(H,31,33). The summed E-state index contributed by atoms with van der Waals surface area (Å²) in [6.45, 7) is 7.09. The Morgan fingerprint density at radius 1 is 1.39 bits per heavy atom. The number of ether oxygens (including phenoxy) is 1. The van der Waals surface area contributed by atoms with Crippen LogP contribution in [-0.4, -0.2) is 41.5 Å². The number of nitrogens with zero attached hydrogens (tertiary/aromatic N) is 3. The van der Waals surface area contributed by atoms with Crippen molar-refractivity contribution in [2.24, 2.45) is 0 Å². The smallest absolute Gasteiger partial charge is 0.246 e. The quantitative estimate of drug-likeness (QED) is 0.277. The van der Waals surface area contributed by atoms with Crippen molar-refractivity contribution in [3.05, 3.63) is 64.5 Å². The highest BCUT2D eigenvalue weighted by Crippen LogP contribution is 2.38. The molecular formula is C26H24Cl2FN5O2. The van der Waals surface area contributed by atoms with E-state index in [4.69, 9.17) is 27.9 Å². The first-order valence-corrected chi connectivity index (χ1v) is 12.2. The molecule has 4 rings (SSSR count). The molecule has 1 fully saturated rings. The Labute approximate surface area is 218 Å². The molecular weight excluding hydrogens is 504 g/mol. The lowest BCUT2D eigenvalue weighted by Crippen LogP contribution is -2.44. The first-order chi connectivity index (χ1) is 17.4. The monoisotopic (exact) mass is 527 g/mol. The van der Waals surface area contributed by atoms with E-state index in [1.807, 2.05) is 13.0 Å². The summed E-state index contributed by atoms with van der Waals surface area (Å²) < 4.78 is 20.7.